The number of H-pyrrole nitrogens is 1. The summed E-state index contributed by atoms with van der Waals surface area (Å²) in [5.74, 6) is 0.298. The van der Waals surface area contributed by atoms with E-state index >= 15 is 0 Å². The van der Waals surface area contributed by atoms with E-state index in [2.05, 4.69) is 20.0 Å². The number of amides is 1. The molecule has 0 bridgehead atoms. The van der Waals surface area contributed by atoms with E-state index in [-0.39, 0.29) is 12.4 Å². The Morgan fingerprint density at radius 1 is 1.12 bits per heavy atom. The molecule has 4 rings (SSSR count). The molecule has 10 heteroatoms. The standard InChI is InChI=1S/C22H20F3N3O4/c23-22(24,25)32-17-8-6-16(7-9-17)18-11-26-19(27-18)10-21(13-30-14-21)28-20(29)31-12-15-4-2-1-3-5-15/h1-9,11H,10,12-14H2,(H,26,27)(H,28,29). The Hall–Kier alpha value is -3.53. The number of rotatable bonds is 7. The second-order valence-corrected chi connectivity index (χ2v) is 7.45. The zero-order chi connectivity index (χ0) is 22.6. The van der Waals surface area contributed by atoms with Crippen molar-refractivity contribution in [2.24, 2.45) is 0 Å². The van der Waals surface area contributed by atoms with Gasteiger partial charge in [0.15, 0.2) is 0 Å². The first-order valence-electron chi connectivity index (χ1n) is 9.77. The number of carbonyl (C=O) groups is 1. The number of carbonyl (C=O) groups excluding carboxylic acids is 1. The fourth-order valence-electron chi connectivity index (χ4n) is 3.30. The summed E-state index contributed by atoms with van der Waals surface area (Å²) in [4.78, 5) is 19.7. The minimum Gasteiger partial charge on any atom is -0.445 e. The van der Waals surface area contributed by atoms with Crippen LogP contribution in [-0.4, -0.2) is 41.2 Å². The molecule has 2 heterocycles. The van der Waals surface area contributed by atoms with Crippen LogP contribution < -0.4 is 10.1 Å². The number of aromatic amines is 1. The van der Waals surface area contributed by atoms with E-state index in [1.165, 1.54) is 24.3 Å². The SMILES string of the molecule is O=C(NC1(Cc2ncc(-c3ccc(OC(F)(F)F)cc3)[nH]2)COC1)OCc1ccccc1. The molecule has 0 atom stereocenters. The molecular weight excluding hydrogens is 427 g/mol. The van der Waals surface area contributed by atoms with E-state index in [1.807, 2.05) is 30.3 Å². The number of hydrogen-bond donors (Lipinski definition) is 2. The van der Waals surface area contributed by atoms with Gasteiger partial charge in [-0.1, -0.05) is 30.3 Å². The van der Waals surface area contributed by atoms with Gasteiger partial charge in [-0.2, -0.15) is 0 Å². The summed E-state index contributed by atoms with van der Waals surface area (Å²) in [7, 11) is 0. The van der Waals surface area contributed by atoms with Crippen molar-refractivity contribution >= 4 is 6.09 Å². The molecule has 7 nitrogen and oxygen atoms in total. The number of halogens is 3. The second kappa shape index (κ2) is 8.91. The van der Waals surface area contributed by atoms with Crippen LogP contribution in [0.1, 0.15) is 11.4 Å². The molecule has 0 radical (unpaired) electrons. The van der Waals surface area contributed by atoms with Gasteiger partial charge in [0.25, 0.3) is 0 Å². The Kier molecular flexibility index (Phi) is 6.04. The molecule has 1 amide bonds. The number of benzene rings is 2. The minimum absolute atomic E-state index is 0.155. The maximum Gasteiger partial charge on any atom is 0.573 e. The number of aromatic nitrogens is 2. The van der Waals surface area contributed by atoms with Crippen LogP contribution in [0.2, 0.25) is 0 Å². The molecule has 1 fully saturated rings. The Bertz CT molecular complexity index is 1050. The molecule has 1 aliphatic rings. The fraction of sp³-hybridized carbons (Fsp3) is 0.273. The lowest BCUT2D eigenvalue weighted by Gasteiger charge is -2.41. The van der Waals surface area contributed by atoms with Crippen molar-refractivity contribution in [3.63, 3.8) is 0 Å². The molecule has 1 aliphatic heterocycles. The highest BCUT2D eigenvalue weighted by Crippen LogP contribution is 2.27. The fourth-order valence-corrected chi connectivity index (χ4v) is 3.30. The normalized spacial score (nSPS) is 15.0. The summed E-state index contributed by atoms with van der Waals surface area (Å²) < 4.78 is 51.4. The van der Waals surface area contributed by atoms with Gasteiger partial charge in [-0.15, -0.1) is 13.2 Å². The predicted molar refractivity (Wildman–Crippen MR) is 108 cm³/mol. The Morgan fingerprint density at radius 2 is 1.84 bits per heavy atom. The van der Waals surface area contributed by atoms with Gasteiger partial charge in [0, 0.05) is 6.42 Å². The highest BCUT2D eigenvalue weighted by Gasteiger charge is 2.41. The van der Waals surface area contributed by atoms with Crippen LogP contribution >= 0.6 is 0 Å². The lowest BCUT2D eigenvalue weighted by Crippen LogP contribution is -2.63. The molecule has 0 aliphatic carbocycles. The topological polar surface area (TPSA) is 85.5 Å². The van der Waals surface area contributed by atoms with E-state index in [4.69, 9.17) is 9.47 Å². The first kappa shape index (κ1) is 21.7. The highest BCUT2D eigenvalue weighted by atomic mass is 19.4. The molecule has 1 saturated heterocycles. The van der Waals surface area contributed by atoms with Crippen molar-refractivity contribution in [2.45, 2.75) is 24.9 Å². The molecule has 0 spiro atoms. The summed E-state index contributed by atoms with van der Waals surface area (Å²) in [6.45, 7) is 0.780. The largest absolute Gasteiger partial charge is 0.573 e. The van der Waals surface area contributed by atoms with Gasteiger partial charge in [0.2, 0.25) is 0 Å². The van der Waals surface area contributed by atoms with E-state index in [0.29, 0.717) is 36.7 Å². The van der Waals surface area contributed by atoms with E-state index < -0.39 is 18.0 Å². The molecule has 32 heavy (non-hydrogen) atoms. The number of alkyl halides is 3. The summed E-state index contributed by atoms with van der Waals surface area (Å²) in [6, 6.07) is 14.8. The average molecular weight is 447 g/mol. The van der Waals surface area contributed by atoms with Crippen molar-refractivity contribution in [3.05, 3.63) is 72.2 Å². The highest BCUT2D eigenvalue weighted by molar-refractivity contribution is 5.68. The number of nitrogens with zero attached hydrogens (tertiary/aromatic N) is 1. The zero-order valence-corrected chi connectivity index (χ0v) is 16.8. The molecule has 0 saturated carbocycles. The van der Waals surface area contributed by atoms with Crippen molar-refractivity contribution in [1.82, 2.24) is 15.3 Å². The van der Waals surface area contributed by atoms with Gasteiger partial charge < -0.3 is 24.5 Å². The third-order valence-corrected chi connectivity index (χ3v) is 4.87. The van der Waals surface area contributed by atoms with E-state index in [1.54, 1.807) is 6.20 Å². The zero-order valence-electron chi connectivity index (χ0n) is 16.8. The number of alkyl carbamates (subject to hydrolysis) is 1. The molecular formula is C22H20F3N3O4. The third kappa shape index (κ3) is 5.58. The van der Waals surface area contributed by atoms with Crippen molar-refractivity contribution in [2.75, 3.05) is 13.2 Å². The van der Waals surface area contributed by atoms with Gasteiger partial charge in [0.05, 0.1) is 30.6 Å². The molecule has 3 aromatic rings. The molecule has 1 aromatic heterocycles. The predicted octanol–water partition coefficient (Wildman–Crippen LogP) is 4.21. The van der Waals surface area contributed by atoms with Crippen molar-refractivity contribution in [3.8, 4) is 17.0 Å². The van der Waals surface area contributed by atoms with Crippen molar-refractivity contribution < 1.29 is 32.2 Å². The lowest BCUT2D eigenvalue weighted by atomic mass is 9.93. The maximum absolute atomic E-state index is 12.3. The van der Waals surface area contributed by atoms with Crippen LogP contribution in [0.25, 0.3) is 11.3 Å². The van der Waals surface area contributed by atoms with Crippen molar-refractivity contribution in [1.29, 1.82) is 0 Å². The number of ether oxygens (including phenoxy) is 3. The quantitative estimate of drug-likeness (QED) is 0.567. The van der Waals surface area contributed by atoms with Gasteiger partial charge in [0.1, 0.15) is 18.2 Å². The lowest BCUT2D eigenvalue weighted by molar-refractivity contribution is -0.274. The summed E-state index contributed by atoms with van der Waals surface area (Å²) in [5.41, 5.74) is 1.50. The smallest absolute Gasteiger partial charge is 0.445 e. The molecule has 0 unspecified atom stereocenters. The van der Waals surface area contributed by atoms with E-state index in [9.17, 15) is 18.0 Å². The Balaban J connectivity index is 1.35. The molecule has 168 valence electrons. The summed E-state index contributed by atoms with van der Waals surface area (Å²) >= 11 is 0. The monoisotopic (exact) mass is 447 g/mol. The second-order valence-electron chi connectivity index (χ2n) is 7.45. The molecule has 2 aromatic carbocycles. The molecule has 2 N–H and O–H groups in total. The van der Waals surface area contributed by atoms with Crippen LogP contribution in [0.3, 0.4) is 0 Å². The van der Waals surface area contributed by atoms with E-state index in [0.717, 1.165) is 5.56 Å². The first-order chi connectivity index (χ1) is 15.3. The summed E-state index contributed by atoms with van der Waals surface area (Å²) in [5, 5.41) is 2.86. The van der Waals surface area contributed by atoms with Crippen LogP contribution in [-0.2, 0) is 22.5 Å². The Morgan fingerprint density at radius 3 is 2.47 bits per heavy atom. The number of imidazole rings is 1. The van der Waals surface area contributed by atoms with Crippen LogP contribution in [0.5, 0.6) is 5.75 Å². The third-order valence-electron chi connectivity index (χ3n) is 4.87. The number of nitrogens with one attached hydrogen (secondary N) is 2. The van der Waals surface area contributed by atoms with Gasteiger partial charge >= 0.3 is 12.5 Å². The van der Waals surface area contributed by atoms with Crippen LogP contribution in [0.4, 0.5) is 18.0 Å². The van der Waals surface area contributed by atoms with Gasteiger partial charge in [-0.25, -0.2) is 9.78 Å². The summed E-state index contributed by atoms with van der Waals surface area (Å²) in [6.07, 6.45) is -3.33. The average Bonchev–Trinajstić information content (AvgIpc) is 3.19. The van der Waals surface area contributed by atoms with Crippen LogP contribution in [0.15, 0.2) is 60.8 Å². The Labute approximate surface area is 181 Å². The number of hydrogen-bond acceptors (Lipinski definition) is 5. The van der Waals surface area contributed by atoms with Gasteiger partial charge in [-0.3, -0.25) is 0 Å². The first-order valence-corrected chi connectivity index (χ1v) is 9.77. The van der Waals surface area contributed by atoms with Crippen LogP contribution in [0, 0.1) is 0 Å². The minimum atomic E-state index is -4.74. The van der Waals surface area contributed by atoms with Gasteiger partial charge in [-0.05, 0) is 35.4 Å². The maximum atomic E-state index is 12.3.